The molecule has 1 aliphatic heterocycles. The van der Waals surface area contributed by atoms with E-state index >= 15 is 0 Å². The van der Waals surface area contributed by atoms with Crippen LogP contribution in [0.1, 0.15) is 18.9 Å². The second-order valence-corrected chi connectivity index (χ2v) is 5.13. The van der Waals surface area contributed by atoms with Crippen molar-refractivity contribution in [2.45, 2.75) is 31.6 Å². The molecule has 0 spiro atoms. The van der Waals surface area contributed by atoms with Crippen LogP contribution >= 0.6 is 11.6 Å². The fraction of sp³-hybridized carbons (Fsp3) is 0.538. The molecule has 3 nitrogen and oxygen atoms in total. The highest BCUT2D eigenvalue weighted by atomic mass is 35.5. The lowest BCUT2D eigenvalue weighted by Gasteiger charge is -2.26. The van der Waals surface area contributed by atoms with E-state index in [1.54, 1.807) is 6.07 Å². The standard InChI is InChI=1S/C13H17ClFNO2/c1-9-13(17,4-5-18-9)8-16-7-10-2-3-11(14)12(15)6-10/h2-3,6,9,16-17H,4-5,7-8H2,1H3. The van der Waals surface area contributed by atoms with Crippen LogP contribution in [0, 0.1) is 5.82 Å². The number of aliphatic hydroxyl groups is 1. The first-order valence-electron chi connectivity index (χ1n) is 6.00. The molecule has 2 N–H and O–H groups in total. The van der Waals surface area contributed by atoms with Crippen LogP contribution in [-0.4, -0.2) is 30.0 Å². The van der Waals surface area contributed by atoms with Gasteiger partial charge in [-0.3, -0.25) is 0 Å². The van der Waals surface area contributed by atoms with Crippen molar-refractivity contribution in [3.8, 4) is 0 Å². The molecule has 0 saturated carbocycles. The van der Waals surface area contributed by atoms with Crippen LogP contribution in [0.15, 0.2) is 18.2 Å². The van der Waals surface area contributed by atoms with Gasteiger partial charge < -0.3 is 15.2 Å². The first-order valence-corrected chi connectivity index (χ1v) is 6.38. The van der Waals surface area contributed by atoms with Crippen molar-refractivity contribution in [2.24, 2.45) is 0 Å². The Morgan fingerprint density at radius 2 is 2.39 bits per heavy atom. The van der Waals surface area contributed by atoms with Gasteiger partial charge in [-0.1, -0.05) is 17.7 Å². The van der Waals surface area contributed by atoms with Crippen molar-refractivity contribution >= 4 is 11.6 Å². The highest BCUT2D eigenvalue weighted by Crippen LogP contribution is 2.24. The van der Waals surface area contributed by atoms with Crippen LogP contribution in [-0.2, 0) is 11.3 Å². The van der Waals surface area contributed by atoms with E-state index in [4.69, 9.17) is 16.3 Å². The van der Waals surface area contributed by atoms with E-state index in [-0.39, 0.29) is 11.1 Å². The lowest BCUT2D eigenvalue weighted by molar-refractivity contribution is -0.0262. The molecule has 100 valence electrons. The second kappa shape index (κ2) is 5.53. The number of ether oxygens (including phenoxy) is 1. The minimum atomic E-state index is -0.828. The molecule has 0 amide bonds. The number of hydrogen-bond donors (Lipinski definition) is 2. The van der Waals surface area contributed by atoms with Gasteiger partial charge in [0.05, 0.1) is 11.1 Å². The molecule has 18 heavy (non-hydrogen) atoms. The Balaban J connectivity index is 1.86. The number of rotatable bonds is 4. The molecule has 2 atom stereocenters. The maximum Gasteiger partial charge on any atom is 0.142 e. The minimum absolute atomic E-state index is 0.121. The SMILES string of the molecule is CC1OCCC1(O)CNCc1ccc(Cl)c(F)c1. The van der Waals surface area contributed by atoms with Crippen molar-refractivity contribution < 1.29 is 14.2 Å². The molecule has 1 aliphatic rings. The van der Waals surface area contributed by atoms with Crippen molar-refractivity contribution in [1.82, 2.24) is 5.32 Å². The maximum atomic E-state index is 13.2. The molecular weight excluding hydrogens is 257 g/mol. The van der Waals surface area contributed by atoms with Gasteiger partial charge in [-0.15, -0.1) is 0 Å². The molecule has 2 unspecified atom stereocenters. The summed E-state index contributed by atoms with van der Waals surface area (Å²) in [5.41, 5.74) is -0.0302. The van der Waals surface area contributed by atoms with E-state index in [1.807, 2.05) is 6.92 Å². The predicted molar refractivity (Wildman–Crippen MR) is 68.1 cm³/mol. The molecule has 1 aromatic rings. The highest BCUT2D eigenvalue weighted by Gasteiger charge is 2.38. The lowest BCUT2D eigenvalue weighted by atomic mass is 9.96. The number of nitrogens with one attached hydrogen (secondary N) is 1. The summed E-state index contributed by atoms with van der Waals surface area (Å²) in [5.74, 6) is -0.424. The summed E-state index contributed by atoms with van der Waals surface area (Å²) in [4.78, 5) is 0. The third-order valence-corrected chi connectivity index (χ3v) is 3.71. The molecule has 1 aromatic carbocycles. The third-order valence-electron chi connectivity index (χ3n) is 3.40. The van der Waals surface area contributed by atoms with Crippen LogP contribution in [0.3, 0.4) is 0 Å². The molecule has 0 bridgehead atoms. The Morgan fingerprint density at radius 3 is 3.00 bits per heavy atom. The van der Waals surface area contributed by atoms with E-state index in [0.29, 0.717) is 26.1 Å². The molecule has 0 aromatic heterocycles. The van der Waals surface area contributed by atoms with Crippen molar-refractivity contribution in [1.29, 1.82) is 0 Å². The van der Waals surface area contributed by atoms with E-state index in [1.165, 1.54) is 12.1 Å². The summed E-state index contributed by atoms with van der Waals surface area (Å²) >= 11 is 5.61. The number of hydrogen-bond acceptors (Lipinski definition) is 3. The molecule has 1 saturated heterocycles. The topological polar surface area (TPSA) is 41.5 Å². The maximum absolute atomic E-state index is 13.2. The molecule has 2 rings (SSSR count). The average molecular weight is 274 g/mol. The van der Waals surface area contributed by atoms with E-state index in [0.717, 1.165) is 5.56 Å². The molecule has 1 fully saturated rings. The van der Waals surface area contributed by atoms with Crippen molar-refractivity contribution in [3.63, 3.8) is 0 Å². The fourth-order valence-corrected chi connectivity index (χ4v) is 2.19. The minimum Gasteiger partial charge on any atom is -0.386 e. The normalized spacial score (nSPS) is 27.7. The molecule has 1 heterocycles. The van der Waals surface area contributed by atoms with Gasteiger partial charge >= 0.3 is 0 Å². The molecule has 0 aliphatic carbocycles. The first kappa shape index (κ1) is 13.7. The summed E-state index contributed by atoms with van der Waals surface area (Å²) in [6, 6.07) is 4.69. The van der Waals surface area contributed by atoms with Gasteiger partial charge in [-0.2, -0.15) is 0 Å². The van der Waals surface area contributed by atoms with Gasteiger partial charge in [0.2, 0.25) is 0 Å². The van der Waals surface area contributed by atoms with Crippen LogP contribution in [0.2, 0.25) is 5.02 Å². The van der Waals surface area contributed by atoms with Gasteiger partial charge in [0.1, 0.15) is 11.4 Å². The van der Waals surface area contributed by atoms with Gasteiger partial charge in [-0.25, -0.2) is 4.39 Å². The summed E-state index contributed by atoms with van der Waals surface area (Å²) < 4.78 is 18.6. The monoisotopic (exact) mass is 273 g/mol. The van der Waals surface area contributed by atoms with Gasteiger partial charge in [-0.05, 0) is 24.6 Å². The Labute approximate surface area is 111 Å². The highest BCUT2D eigenvalue weighted by molar-refractivity contribution is 6.30. The van der Waals surface area contributed by atoms with Gasteiger partial charge in [0.25, 0.3) is 0 Å². The van der Waals surface area contributed by atoms with Crippen LogP contribution in [0.5, 0.6) is 0 Å². The van der Waals surface area contributed by atoms with Gasteiger partial charge in [0, 0.05) is 26.1 Å². The summed E-state index contributed by atoms with van der Waals surface area (Å²) in [7, 11) is 0. The Hall–Kier alpha value is -0.680. The Morgan fingerprint density at radius 1 is 1.61 bits per heavy atom. The third kappa shape index (κ3) is 3.01. The van der Waals surface area contributed by atoms with E-state index in [2.05, 4.69) is 5.32 Å². The Kier molecular flexibility index (Phi) is 4.22. The van der Waals surface area contributed by atoms with Crippen LogP contribution in [0.4, 0.5) is 4.39 Å². The zero-order chi connectivity index (χ0) is 13.2. The molecule has 0 radical (unpaired) electrons. The van der Waals surface area contributed by atoms with Crippen LogP contribution < -0.4 is 5.32 Å². The number of benzene rings is 1. The average Bonchev–Trinajstić information content (AvgIpc) is 2.65. The van der Waals surface area contributed by atoms with E-state index in [9.17, 15) is 9.50 Å². The first-order chi connectivity index (χ1) is 8.51. The van der Waals surface area contributed by atoms with Crippen molar-refractivity contribution in [3.05, 3.63) is 34.6 Å². The molecule has 5 heteroatoms. The number of halogens is 2. The van der Waals surface area contributed by atoms with Crippen molar-refractivity contribution in [2.75, 3.05) is 13.2 Å². The summed E-state index contributed by atoms with van der Waals surface area (Å²) in [6.07, 6.45) is 0.447. The second-order valence-electron chi connectivity index (χ2n) is 4.72. The lowest BCUT2D eigenvalue weighted by Crippen LogP contribution is -2.45. The fourth-order valence-electron chi connectivity index (χ4n) is 2.08. The smallest absolute Gasteiger partial charge is 0.142 e. The van der Waals surface area contributed by atoms with E-state index < -0.39 is 11.4 Å². The van der Waals surface area contributed by atoms with Crippen LogP contribution in [0.25, 0.3) is 0 Å². The largest absolute Gasteiger partial charge is 0.386 e. The zero-order valence-corrected chi connectivity index (χ0v) is 11.0. The Bertz CT molecular complexity index is 429. The van der Waals surface area contributed by atoms with Gasteiger partial charge in [0.15, 0.2) is 0 Å². The predicted octanol–water partition coefficient (Wildman–Crippen LogP) is 2.11. The summed E-state index contributed by atoms with van der Waals surface area (Å²) in [5, 5.41) is 13.5. The quantitative estimate of drug-likeness (QED) is 0.883. The zero-order valence-electron chi connectivity index (χ0n) is 10.2. The summed E-state index contributed by atoms with van der Waals surface area (Å²) in [6.45, 7) is 3.35. The molecular formula is C13H17ClFNO2.